The van der Waals surface area contributed by atoms with E-state index in [1.807, 2.05) is 12.2 Å². The molecule has 0 aromatic carbocycles. The first-order valence-corrected chi connectivity index (χ1v) is 7.87. The van der Waals surface area contributed by atoms with Gasteiger partial charge in [0.15, 0.2) is 0 Å². The lowest BCUT2D eigenvalue weighted by Crippen LogP contribution is -2.59. The molecule has 0 saturated carbocycles. The molecule has 6 atom stereocenters. The molecule has 25 heavy (non-hydrogen) atoms. The van der Waals surface area contributed by atoms with Crippen molar-refractivity contribution in [1.82, 2.24) is 9.96 Å². The van der Waals surface area contributed by atoms with Crippen molar-refractivity contribution in [3.8, 4) is 0 Å². The van der Waals surface area contributed by atoms with Crippen LogP contribution in [0.4, 0.5) is 13.2 Å². The number of carbonyl (C=O) groups is 2. The highest BCUT2D eigenvalue weighted by Gasteiger charge is 2.61. The van der Waals surface area contributed by atoms with Crippen LogP contribution >= 0.6 is 0 Å². The first-order chi connectivity index (χ1) is 11.8. The Bertz CT molecular complexity index is 715. The number of carboxylic acid groups (broad SMARTS) is 1. The number of nitrogens with zero attached hydrogens (tertiary/aromatic N) is 2. The van der Waals surface area contributed by atoms with Crippen LogP contribution in [0.25, 0.3) is 0 Å². The van der Waals surface area contributed by atoms with Gasteiger partial charge in [-0.25, -0.2) is 4.79 Å². The third-order valence-corrected chi connectivity index (χ3v) is 5.31. The third-order valence-electron chi connectivity index (χ3n) is 5.31. The summed E-state index contributed by atoms with van der Waals surface area (Å²) in [6.07, 6.45) is 3.72. The Balaban J connectivity index is 1.75. The van der Waals surface area contributed by atoms with Gasteiger partial charge < -0.3 is 9.94 Å². The Hall–Kier alpha value is -2.13. The molecule has 9 heteroatoms. The molecule has 2 fully saturated rings. The smallest absolute Gasteiger partial charge is 0.480 e. The topological polar surface area (TPSA) is 70.1 Å². The number of allylic oxidation sites excluding steroid dienone is 2. The molecule has 1 N–H and O–H groups in total. The second-order valence-corrected chi connectivity index (χ2v) is 6.58. The summed E-state index contributed by atoms with van der Waals surface area (Å²) < 4.78 is 38.1. The number of alkyl halides is 3. The summed E-state index contributed by atoms with van der Waals surface area (Å²) in [6, 6.07) is -2.52. The van der Waals surface area contributed by atoms with Crippen molar-refractivity contribution in [2.24, 2.45) is 11.8 Å². The maximum absolute atomic E-state index is 12.7. The highest BCUT2D eigenvalue weighted by atomic mass is 19.4. The lowest BCUT2D eigenvalue weighted by atomic mass is 9.76. The fraction of sp³-hybridized carbons (Fsp3) is 0.500. The Morgan fingerprint density at radius 2 is 1.96 bits per heavy atom. The van der Waals surface area contributed by atoms with Gasteiger partial charge in [0.2, 0.25) is 0 Å². The molecule has 1 aliphatic carbocycles. The molecule has 2 saturated heterocycles. The van der Waals surface area contributed by atoms with Crippen molar-refractivity contribution in [2.45, 2.75) is 24.3 Å². The summed E-state index contributed by atoms with van der Waals surface area (Å²) in [5, 5.41) is 10.6. The average molecular weight is 356 g/mol. The van der Waals surface area contributed by atoms with Gasteiger partial charge in [0, 0.05) is 24.9 Å². The Morgan fingerprint density at radius 3 is 2.64 bits per heavy atom. The molecule has 134 valence electrons. The summed E-state index contributed by atoms with van der Waals surface area (Å²) in [5.74, 6) is -4.00. The number of aliphatic carboxylic acids is 1. The Labute approximate surface area is 140 Å². The van der Waals surface area contributed by atoms with E-state index in [1.54, 1.807) is 23.1 Å². The van der Waals surface area contributed by atoms with Crippen LogP contribution < -0.4 is 0 Å². The molecule has 0 amide bonds. The van der Waals surface area contributed by atoms with Gasteiger partial charge in [-0.05, 0) is 0 Å². The number of carbonyl (C=O) groups excluding carboxylic acids is 1. The number of carboxylic acids is 1. The van der Waals surface area contributed by atoms with E-state index in [9.17, 15) is 27.9 Å². The van der Waals surface area contributed by atoms with Gasteiger partial charge in [-0.2, -0.15) is 13.2 Å². The quantitative estimate of drug-likeness (QED) is 0.748. The van der Waals surface area contributed by atoms with Crippen molar-refractivity contribution in [1.29, 1.82) is 0 Å². The molecule has 2 bridgehead atoms. The molecule has 0 aromatic rings. The van der Waals surface area contributed by atoms with Crippen LogP contribution in [0.15, 0.2) is 36.0 Å². The van der Waals surface area contributed by atoms with E-state index in [0.29, 0.717) is 13.1 Å². The zero-order valence-corrected chi connectivity index (χ0v) is 12.9. The summed E-state index contributed by atoms with van der Waals surface area (Å²) in [6.45, 7) is 0.900. The fourth-order valence-corrected chi connectivity index (χ4v) is 4.43. The van der Waals surface area contributed by atoms with Crippen LogP contribution in [0, 0.1) is 11.8 Å². The summed E-state index contributed by atoms with van der Waals surface area (Å²) in [7, 11) is 0. The van der Waals surface area contributed by atoms with E-state index >= 15 is 0 Å². The molecule has 0 radical (unpaired) electrons. The lowest BCUT2D eigenvalue weighted by molar-refractivity contribution is -0.251. The van der Waals surface area contributed by atoms with Gasteiger partial charge in [-0.15, -0.1) is 5.06 Å². The first-order valence-electron chi connectivity index (χ1n) is 7.87. The van der Waals surface area contributed by atoms with E-state index in [0.717, 1.165) is 10.6 Å². The third kappa shape index (κ3) is 2.41. The average Bonchev–Trinajstić information content (AvgIpc) is 3.08. The molecular weight excluding hydrogens is 341 g/mol. The predicted molar refractivity (Wildman–Crippen MR) is 77.9 cm³/mol. The molecule has 3 heterocycles. The fourth-order valence-electron chi connectivity index (χ4n) is 4.43. The summed E-state index contributed by atoms with van der Waals surface area (Å²) in [4.78, 5) is 29.6. The Morgan fingerprint density at radius 1 is 1.24 bits per heavy atom. The lowest BCUT2D eigenvalue weighted by Gasteiger charge is -2.40. The van der Waals surface area contributed by atoms with E-state index in [-0.39, 0.29) is 11.8 Å². The zero-order valence-electron chi connectivity index (χ0n) is 12.9. The zero-order chi connectivity index (χ0) is 17.9. The van der Waals surface area contributed by atoms with Crippen molar-refractivity contribution >= 4 is 11.9 Å². The van der Waals surface area contributed by atoms with Crippen LogP contribution in [-0.4, -0.2) is 64.4 Å². The van der Waals surface area contributed by atoms with Crippen LogP contribution in [0.3, 0.4) is 0 Å². The molecule has 3 aliphatic heterocycles. The van der Waals surface area contributed by atoms with Crippen LogP contribution in [0.1, 0.15) is 0 Å². The molecule has 6 nitrogen and oxygen atoms in total. The first kappa shape index (κ1) is 16.3. The number of hydrogen-bond acceptors (Lipinski definition) is 5. The SMILES string of the molecule is O=C(O)C1C2C(C3=CCN1C3)C1C=CC=CC1N2OC(=O)C(F)(F)F. The van der Waals surface area contributed by atoms with Crippen molar-refractivity contribution < 1.29 is 32.7 Å². The van der Waals surface area contributed by atoms with Gasteiger partial charge in [-0.3, -0.25) is 9.69 Å². The van der Waals surface area contributed by atoms with Crippen LogP contribution in [0.2, 0.25) is 0 Å². The van der Waals surface area contributed by atoms with Gasteiger partial charge >= 0.3 is 18.1 Å². The monoisotopic (exact) mass is 356 g/mol. The van der Waals surface area contributed by atoms with Gasteiger partial charge in [-0.1, -0.05) is 36.0 Å². The van der Waals surface area contributed by atoms with Crippen molar-refractivity contribution in [3.05, 3.63) is 36.0 Å². The number of hydrogen-bond donors (Lipinski definition) is 1. The highest BCUT2D eigenvalue weighted by Crippen LogP contribution is 2.49. The van der Waals surface area contributed by atoms with Crippen molar-refractivity contribution in [2.75, 3.05) is 13.1 Å². The molecule has 0 aromatic heterocycles. The van der Waals surface area contributed by atoms with Crippen molar-refractivity contribution in [3.63, 3.8) is 0 Å². The van der Waals surface area contributed by atoms with E-state index in [4.69, 9.17) is 0 Å². The number of fused-ring (bicyclic) bond motifs is 6. The van der Waals surface area contributed by atoms with E-state index in [1.165, 1.54) is 0 Å². The van der Waals surface area contributed by atoms with Gasteiger partial charge in [0.1, 0.15) is 6.04 Å². The maximum atomic E-state index is 12.7. The summed E-state index contributed by atoms with van der Waals surface area (Å²) >= 11 is 0. The van der Waals surface area contributed by atoms with Gasteiger partial charge in [0.05, 0.1) is 12.1 Å². The van der Waals surface area contributed by atoms with E-state index in [2.05, 4.69) is 4.84 Å². The second kappa shape index (κ2) is 5.43. The minimum Gasteiger partial charge on any atom is -0.480 e. The van der Waals surface area contributed by atoms with Crippen LogP contribution in [-0.2, 0) is 14.4 Å². The number of halogens is 3. The largest absolute Gasteiger partial charge is 0.492 e. The maximum Gasteiger partial charge on any atom is 0.492 e. The molecule has 4 aliphatic rings. The standard InChI is InChI=1S/C16H15F3N2O4/c17-16(18,19)15(24)25-21-10-4-2-1-3-9(10)11-8-5-6-20(7-8)13(12(11)21)14(22)23/h1-5,9-13H,6-7H2,(H,22,23). The molecule has 4 rings (SSSR count). The second-order valence-electron chi connectivity index (χ2n) is 6.58. The normalized spacial score (nSPS) is 38.9. The number of piperidine rings is 1. The molecule has 0 spiro atoms. The molecular formula is C16H15F3N2O4. The highest BCUT2D eigenvalue weighted by molar-refractivity contribution is 5.77. The van der Waals surface area contributed by atoms with E-state index < -0.39 is 36.2 Å². The Kier molecular flexibility index (Phi) is 3.55. The minimum absolute atomic E-state index is 0.232. The van der Waals surface area contributed by atoms with Gasteiger partial charge in [0.25, 0.3) is 0 Å². The number of rotatable bonds is 2. The predicted octanol–water partition coefficient (Wildman–Crippen LogP) is 1.13. The summed E-state index contributed by atoms with van der Waals surface area (Å²) in [5.41, 5.74) is 0.989. The number of hydroxylamine groups is 2. The molecule has 6 unspecified atom stereocenters. The minimum atomic E-state index is -5.15. The van der Waals surface area contributed by atoms with Crippen LogP contribution in [0.5, 0.6) is 0 Å².